The van der Waals surface area contributed by atoms with Gasteiger partial charge in [0.1, 0.15) is 5.82 Å². The summed E-state index contributed by atoms with van der Waals surface area (Å²) < 4.78 is 24.2. The lowest BCUT2D eigenvalue weighted by Crippen LogP contribution is -2.32. The van der Waals surface area contributed by atoms with Crippen molar-refractivity contribution in [3.8, 4) is 0 Å². The molecule has 1 aromatic rings. The Labute approximate surface area is 124 Å². The fraction of sp³-hybridized carbons (Fsp3) is 0.471. The molecule has 2 rings (SSSR count). The average Bonchev–Trinajstić information content (AvgIpc) is 2.49. The molecule has 0 saturated carbocycles. The molecular weight excluding hydrogens is 271 g/mol. The zero-order valence-corrected chi connectivity index (χ0v) is 12.5. The van der Waals surface area contributed by atoms with E-state index in [0.717, 1.165) is 18.4 Å². The van der Waals surface area contributed by atoms with Crippen molar-refractivity contribution in [1.29, 1.82) is 0 Å². The van der Waals surface area contributed by atoms with Crippen LogP contribution in [0.2, 0.25) is 0 Å². The molecule has 0 aliphatic carbocycles. The lowest BCUT2D eigenvalue weighted by Gasteiger charge is -2.35. The number of allylic oxidation sites excluding steroid dienone is 1. The van der Waals surface area contributed by atoms with Crippen LogP contribution in [0.15, 0.2) is 30.4 Å². The SMILES string of the molecule is CCOC(=O)/C=C/C1(c2ccc(C)c(F)c2)CCOCC1. The predicted molar refractivity (Wildman–Crippen MR) is 78.6 cm³/mol. The van der Waals surface area contributed by atoms with E-state index >= 15 is 0 Å². The maximum absolute atomic E-state index is 13.9. The van der Waals surface area contributed by atoms with Gasteiger partial charge in [-0.3, -0.25) is 0 Å². The molecule has 0 N–H and O–H groups in total. The normalized spacial score (nSPS) is 17.9. The summed E-state index contributed by atoms with van der Waals surface area (Å²) in [5, 5.41) is 0. The van der Waals surface area contributed by atoms with E-state index in [-0.39, 0.29) is 17.2 Å². The van der Waals surface area contributed by atoms with Gasteiger partial charge in [0.2, 0.25) is 0 Å². The minimum atomic E-state index is -0.365. The first-order chi connectivity index (χ1) is 10.1. The Bertz CT molecular complexity index is 531. The van der Waals surface area contributed by atoms with E-state index in [1.54, 1.807) is 26.0 Å². The fourth-order valence-electron chi connectivity index (χ4n) is 2.61. The highest BCUT2D eigenvalue weighted by Crippen LogP contribution is 2.37. The van der Waals surface area contributed by atoms with E-state index in [2.05, 4.69) is 0 Å². The number of benzene rings is 1. The molecule has 1 aliphatic rings. The van der Waals surface area contributed by atoms with Crippen molar-refractivity contribution in [2.75, 3.05) is 19.8 Å². The summed E-state index contributed by atoms with van der Waals surface area (Å²) in [4.78, 5) is 11.6. The van der Waals surface area contributed by atoms with Gasteiger partial charge in [0.15, 0.2) is 0 Å². The van der Waals surface area contributed by atoms with E-state index in [1.807, 2.05) is 12.1 Å². The van der Waals surface area contributed by atoms with Gasteiger partial charge in [0.25, 0.3) is 0 Å². The monoisotopic (exact) mass is 292 g/mol. The largest absolute Gasteiger partial charge is 0.463 e. The molecule has 0 unspecified atom stereocenters. The molecule has 0 atom stereocenters. The second kappa shape index (κ2) is 6.85. The zero-order chi connectivity index (χ0) is 15.3. The smallest absolute Gasteiger partial charge is 0.330 e. The summed E-state index contributed by atoms with van der Waals surface area (Å²) in [7, 11) is 0. The van der Waals surface area contributed by atoms with E-state index in [0.29, 0.717) is 25.4 Å². The van der Waals surface area contributed by atoms with Crippen LogP contribution in [0.3, 0.4) is 0 Å². The highest BCUT2D eigenvalue weighted by atomic mass is 19.1. The van der Waals surface area contributed by atoms with E-state index < -0.39 is 0 Å². The molecule has 1 aromatic carbocycles. The standard InChI is InChI=1S/C17H21FO3/c1-3-21-16(19)6-7-17(8-10-20-11-9-17)14-5-4-13(2)15(18)12-14/h4-7,12H,3,8-11H2,1-2H3/b7-6+. The number of ether oxygens (including phenoxy) is 2. The lowest BCUT2D eigenvalue weighted by molar-refractivity contribution is -0.137. The van der Waals surface area contributed by atoms with Gasteiger partial charge in [-0.1, -0.05) is 18.2 Å². The van der Waals surface area contributed by atoms with Crippen LogP contribution in [-0.4, -0.2) is 25.8 Å². The highest BCUT2D eigenvalue weighted by molar-refractivity contribution is 5.82. The summed E-state index contributed by atoms with van der Waals surface area (Å²) in [5.41, 5.74) is 1.14. The molecule has 0 radical (unpaired) electrons. The number of halogens is 1. The van der Waals surface area contributed by atoms with E-state index in [1.165, 1.54) is 6.08 Å². The summed E-state index contributed by atoms with van der Waals surface area (Å²) in [5.74, 6) is -0.584. The van der Waals surface area contributed by atoms with Crippen molar-refractivity contribution in [2.45, 2.75) is 32.1 Å². The minimum absolute atomic E-state index is 0.220. The number of hydrogen-bond donors (Lipinski definition) is 0. The number of hydrogen-bond acceptors (Lipinski definition) is 3. The van der Waals surface area contributed by atoms with Crippen molar-refractivity contribution in [3.05, 3.63) is 47.3 Å². The minimum Gasteiger partial charge on any atom is -0.463 e. The molecule has 0 aromatic heterocycles. The molecule has 1 fully saturated rings. The second-order valence-corrected chi connectivity index (χ2v) is 5.32. The molecule has 0 spiro atoms. The Kier molecular flexibility index (Phi) is 5.12. The van der Waals surface area contributed by atoms with Crippen LogP contribution in [-0.2, 0) is 19.7 Å². The third-order valence-corrected chi connectivity index (χ3v) is 3.96. The lowest BCUT2D eigenvalue weighted by atomic mass is 9.73. The quantitative estimate of drug-likeness (QED) is 0.631. The Morgan fingerprint density at radius 1 is 1.43 bits per heavy atom. The molecule has 0 amide bonds. The Balaban J connectivity index is 2.32. The van der Waals surface area contributed by atoms with Crippen molar-refractivity contribution >= 4 is 5.97 Å². The van der Waals surface area contributed by atoms with E-state index in [4.69, 9.17) is 9.47 Å². The molecule has 3 nitrogen and oxygen atoms in total. The molecule has 21 heavy (non-hydrogen) atoms. The Hall–Kier alpha value is -1.68. The van der Waals surface area contributed by atoms with Gasteiger partial charge in [-0.05, 0) is 43.9 Å². The first kappa shape index (κ1) is 15.7. The van der Waals surface area contributed by atoms with Crippen LogP contribution in [0.25, 0.3) is 0 Å². The summed E-state index contributed by atoms with van der Waals surface area (Å²) in [6, 6.07) is 5.27. The van der Waals surface area contributed by atoms with Gasteiger partial charge in [-0.25, -0.2) is 9.18 Å². The molecule has 114 valence electrons. The van der Waals surface area contributed by atoms with Crippen molar-refractivity contribution in [2.24, 2.45) is 0 Å². The number of rotatable bonds is 4. The third-order valence-electron chi connectivity index (χ3n) is 3.96. The number of esters is 1. The number of carbonyl (C=O) groups excluding carboxylic acids is 1. The highest BCUT2D eigenvalue weighted by Gasteiger charge is 2.32. The fourth-order valence-corrected chi connectivity index (χ4v) is 2.61. The average molecular weight is 292 g/mol. The van der Waals surface area contributed by atoms with Crippen LogP contribution >= 0.6 is 0 Å². The molecule has 0 bridgehead atoms. The van der Waals surface area contributed by atoms with Crippen LogP contribution in [0, 0.1) is 12.7 Å². The Morgan fingerprint density at radius 2 is 2.14 bits per heavy atom. The molecule has 1 saturated heterocycles. The van der Waals surface area contributed by atoms with Gasteiger partial charge in [0, 0.05) is 24.7 Å². The van der Waals surface area contributed by atoms with Crippen molar-refractivity contribution in [3.63, 3.8) is 0 Å². The molecule has 1 aliphatic heterocycles. The summed E-state index contributed by atoms with van der Waals surface area (Å²) in [6.07, 6.45) is 4.75. The van der Waals surface area contributed by atoms with Crippen LogP contribution < -0.4 is 0 Å². The molecule has 1 heterocycles. The van der Waals surface area contributed by atoms with Gasteiger partial charge in [-0.15, -0.1) is 0 Å². The van der Waals surface area contributed by atoms with Crippen LogP contribution in [0.5, 0.6) is 0 Å². The first-order valence-electron chi connectivity index (χ1n) is 7.28. The molecule has 4 heteroatoms. The van der Waals surface area contributed by atoms with Gasteiger partial charge >= 0.3 is 5.97 Å². The number of carbonyl (C=O) groups is 1. The second-order valence-electron chi connectivity index (χ2n) is 5.32. The topological polar surface area (TPSA) is 35.5 Å². The van der Waals surface area contributed by atoms with E-state index in [9.17, 15) is 9.18 Å². The summed E-state index contributed by atoms with van der Waals surface area (Å²) in [6.45, 7) is 5.05. The number of aryl methyl sites for hydroxylation is 1. The maximum Gasteiger partial charge on any atom is 0.330 e. The third kappa shape index (κ3) is 3.70. The molecular formula is C17H21FO3. The summed E-state index contributed by atoms with van der Waals surface area (Å²) >= 11 is 0. The van der Waals surface area contributed by atoms with Crippen LogP contribution in [0.1, 0.15) is 30.9 Å². The first-order valence-corrected chi connectivity index (χ1v) is 7.28. The van der Waals surface area contributed by atoms with Gasteiger partial charge in [-0.2, -0.15) is 0 Å². The van der Waals surface area contributed by atoms with Gasteiger partial charge < -0.3 is 9.47 Å². The Morgan fingerprint density at radius 3 is 2.76 bits per heavy atom. The predicted octanol–water partition coefficient (Wildman–Crippen LogP) is 3.30. The van der Waals surface area contributed by atoms with Crippen LogP contribution in [0.4, 0.5) is 4.39 Å². The van der Waals surface area contributed by atoms with Gasteiger partial charge in [0.05, 0.1) is 6.61 Å². The zero-order valence-electron chi connectivity index (χ0n) is 12.5. The maximum atomic E-state index is 13.9. The van der Waals surface area contributed by atoms with Crippen molar-refractivity contribution in [1.82, 2.24) is 0 Å². The van der Waals surface area contributed by atoms with Crippen molar-refractivity contribution < 1.29 is 18.7 Å².